The molecular weight excluding hydrogens is 430 g/mol. The van der Waals surface area contributed by atoms with Crippen LogP contribution >= 0.6 is 16.3 Å². The lowest BCUT2D eigenvalue weighted by atomic mass is 10.3. The van der Waals surface area contributed by atoms with Crippen LogP contribution in [0, 0.1) is 0 Å². The summed E-state index contributed by atoms with van der Waals surface area (Å²) in [5.41, 5.74) is 0. The van der Waals surface area contributed by atoms with E-state index in [0.717, 1.165) is 6.42 Å². The first-order valence-electron chi connectivity index (χ1n) is 10.9. The minimum absolute atomic E-state index is 0.0879. The smallest absolute Gasteiger partial charge is 0.0921 e. The van der Waals surface area contributed by atoms with E-state index in [-0.39, 0.29) is 6.10 Å². The summed E-state index contributed by atoms with van der Waals surface area (Å²) in [6.45, 7) is 2.81. The van der Waals surface area contributed by atoms with Gasteiger partial charge >= 0.3 is 0 Å². The quantitative estimate of drug-likeness (QED) is 0.276. The first kappa shape index (κ1) is 22.8. The van der Waals surface area contributed by atoms with Crippen molar-refractivity contribution < 1.29 is 9.05 Å². The third-order valence-electron chi connectivity index (χ3n) is 4.99. The van der Waals surface area contributed by atoms with Crippen molar-refractivity contribution in [2.75, 3.05) is 6.61 Å². The van der Waals surface area contributed by atoms with Crippen LogP contribution in [0.4, 0.5) is 0 Å². The molecule has 0 aliphatic heterocycles. The summed E-state index contributed by atoms with van der Waals surface area (Å²) in [6.07, 6.45) is 0.932. The molecule has 162 valence electrons. The minimum Gasteiger partial charge on any atom is -0.350 e. The lowest BCUT2D eigenvalue weighted by Gasteiger charge is -2.24. The van der Waals surface area contributed by atoms with Crippen molar-refractivity contribution in [2.24, 2.45) is 0 Å². The summed E-state index contributed by atoms with van der Waals surface area (Å²) in [4.78, 5) is 0. The van der Waals surface area contributed by atoms with Crippen LogP contribution in [0.2, 0.25) is 0 Å². The van der Waals surface area contributed by atoms with Gasteiger partial charge in [-0.1, -0.05) is 121 Å². The third kappa shape index (κ3) is 6.35. The van der Waals surface area contributed by atoms with Gasteiger partial charge in [0.25, 0.3) is 0 Å². The summed E-state index contributed by atoms with van der Waals surface area (Å²) < 4.78 is 13.1. The van der Waals surface area contributed by atoms with Gasteiger partial charge in [0.05, 0.1) is 29.0 Å². The van der Waals surface area contributed by atoms with Crippen molar-refractivity contribution in [1.29, 1.82) is 0 Å². The van der Waals surface area contributed by atoms with Crippen LogP contribution in [0.25, 0.3) is 0 Å². The maximum absolute atomic E-state index is 6.61. The molecule has 4 rings (SSSR count). The van der Waals surface area contributed by atoms with Gasteiger partial charge in [-0.3, -0.25) is 0 Å². The van der Waals surface area contributed by atoms with Gasteiger partial charge in [-0.25, -0.2) is 0 Å². The highest BCUT2D eigenvalue weighted by Crippen LogP contribution is 2.38. The fourth-order valence-electron chi connectivity index (χ4n) is 3.37. The lowest BCUT2D eigenvalue weighted by Crippen LogP contribution is -2.20. The Hall–Kier alpha value is -2.34. The van der Waals surface area contributed by atoms with Gasteiger partial charge in [0.1, 0.15) is 0 Å². The van der Waals surface area contributed by atoms with Crippen LogP contribution in [0.1, 0.15) is 13.3 Å². The molecule has 0 aromatic heterocycles. The monoisotopic (exact) mass is 458 g/mol. The van der Waals surface area contributed by atoms with Gasteiger partial charge in [0.2, 0.25) is 0 Å². The second-order valence-corrected chi connectivity index (χ2v) is 11.2. The van der Waals surface area contributed by atoms with E-state index in [2.05, 4.69) is 116 Å². The molecule has 4 heteroatoms. The standard InChI is InChI=1S/C28H28O2P2/c1-24(30-32(27-18-10-4-11-19-27)28-20-12-5-13-21-28)22-23-29-31(25-14-6-2-7-15-25)26-16-8-3-9-17-26/h2-21,24H,22-23H2,1H3. The zero-order valence-electron chi connectivity index (χ0n) is 18.2. The average molecular weight is 458 g/mol. The second-order valence-electron chi connectivity index (χ2n) is 7.47. The molecule has 32 heavy (non-hydrogen) atoms. The summed E-state index contributed by atoms with van der Waals surface area (Å²) in [7, 11) is -1.70. The maximum Gasteiger partial charge on any atom is 0.0921 e. The van der Waals surface area contributed by atoms with E-state index in [9.17, 15) is 0 Å². The predicted molar refractivity (Wildman–Crippen MR) is 139 cm³/mol. The molecular formula is C28H28O2P2. The Morgan fingerprint density at radius 2 is 0.875 bits per heavy atom. The summed E-state index contributed by atoms with van der Waals surface area (Å²) in [5, 5.41) is 4.94. The fourth-order valence-corrected chi connectivity index (χ4v) is 7.03. The maximum atomic E-state index is 6.61. The molecule has 0 bridgehead atoms. The highest BCUT2D eigenvalue weighted by molar-refractivity contribution is 7.68. The summed E-state index contributed by atoms with van der Waals surface area (Å²) in [5.74, 6) is 0. The Kier molecular flexibility index (Phi) is 8.60. The molecule has 2 nitrogen and oxygen atoms in total. The molecule has 0 saturated heterocycles. The Morgan fingerprint density at radius 3 is 1.25 bits per heavy atom. The number of benzene rings is 4. The Bertz CT molecular complexity index is 965. The fraction of sp³-hybridized carbons (Fsp3) is 0.143. The van der Waals surface area contributed by atoms with Gasteiger partial charge in [0.15, 0.2) is 0 Å². The van der Waals surface area contributed by atoms with E-state index >= 15 is 0 Å². The molecule has 0 fully saturated rings. The molecule has 0 aliphatic carbocycles. The minimum atomic E-state index is -0.860. The predicted octanol–water partition coefficient (Wildman–Crippen LogP) is 5.89. The number of hydrogen-bond donors (Lipinski definition) is 0. The molecule has 0 heterocycles. The normalized spacial score (nSPS) is 12.2. The van der Waals surface area contributed by atoms with Gasteiger partial charge in [0, 0.05) is 21.2 Å². The van der Waals surface area contributed by atoms with Crippen molar-refractivity contribution in [3.05, 3.63) is 121 Å². The molecule has 0 amide bonds. The topological polar surface area (TPSA) is 18.5 Å². The molecule has 0 saturated carbocycles. The van der Waals surface area contributed by atoms with Crippen molar-refractivity contribution >= 4 is 37.5 Å². The van der Waals surface area contributed by atoms with E-state index in [0.29, 0.717) is 6.61 Å². The summed E-state index contributed by atoms with van der Waals surface area (Å²) >= 11 is 0. The molecule has 0 spiro atoms. The molecule has 0 aliphatic rings. The van der Waals surface area contributed by atoms with Crippen LogP contribution in [0.5, 0.6) is 0 Å². The van der Waals surface area contributed by atoms with Crippen molar-refractivity contribution in [2.45, 2.75) is 19.4 Å². The molecule has 4 aromatic rings. The van der Waals surface area contributed by atoms with Crippen LogP contribution in [-0.4, -0.2) is 12.7 Å². The number of rotatable bonds is 10. The molecule has 1 unspecified atom stereocenters. The molecule has 0 N–H and O–H groups in total. The largest absolute Gasteiger partial charge is 0.350 e. The van der Waals surface area contributed by atoms with Gasteiger partial charge in [-0.2, -0.15) is 0 Å². The van der Waals surface area contributed by atoms with Gasteiger partial charge in [-0.05, 0) is 13.3 Å². The average Bonchev–Trinajstić information content (AvgIpc) is 2.87. The summed E-state index contributed by atoms with van der Waals surface area (Å²) in [6, 6.07) is 42.1. The zero-order valence-corrected chi connectivity index (χ0v) is 20.0. The van der Waals surface area contributed by atoms with E-state index < -0.39 is 16.3 Å². The second kappa shape index (κ2) is 12.0. The highest BCUT2D eigenvalue weighted by atomic mass is 31.1. The lowest BCUT2D eigenvalue weighted by molar-refractivity contribution is 0.205. The third-order valence-corrected chi connectivity index (χ3v) is 9.07. The van der Waals surface area contributed by atoms with E-state index in [4.69, 9.17) is 9.05 Å². The Morgan fingerprint density at radius 1 is 0.531 bits per heavy atom. The van der Waals surface area contributed by atoms with Crippen molar-refractivity contribution in [3.8, 4) is 0 Å². The van der Waals surface area contributed by atoms with E-state index in [1.807, 2.05) is 12.1 Å². The molecule has 1 atom stereocenters. The van der Waals surface area contributed by atoms with Crippen LogP contribution in [-0.2, 0) is 9.05 Å². The van der Waals surface area contributed by atoms with Gasteiger partial charge in [-0.15, -0.1) is 0 Å². The van der Waals surface area contributed by atoms with Crippen LogP contribution in [0.15, 0.2) is 121 Å². The first-order chi connectivity index (χ1) is 15.8. The van der Waals surface area contributed by atoms with E-state index in [1.165, 1.54) is 21.2 Å². The number of hydrogen-bond acceptors (Lipinski definition) is 2. The van der Waals surface area contributed by atoms with Crippen molar-refractivity contribution in [3.63, 3.8) is 0 Å². The zero-order chi connectivity index (χ0) is 22.0. The molecule has 4 aromatic carbocycles. The first-order valence-corrected chi connectivity index (χ1v) is 13.4. The van der Waals surface area contributed by atoms with Crippen LogP contribution in [0.3, 0.4) is 0 Å². The molecule has 0 radical (unpaired) electrons. The van der Waals surface area contributed by atoms with Crippen molar-refractivity contribution in [1.82, 2.24) is 0 Å². The Balaban J connectivity index is 1.42. The SMILES string of the molecule is CC(CCOP(c1ccccc1)c1ccccc1)OP(c1ccccc1)c1ccccc1. The van der Waals surface area contributed by atoms with E-state index in [1.54, 1.807) is 0 Å². The Labute approximate surface area is 193 Å². The highest BCUT2D eigenvalue weighted by Gasteiger charge is 2.19. The van der Waals surface area contributed by atoms with Crippen LogP contribution < -0.4 is 21.2 Å². The van der Waals surface area contributed by atoms with Gasteiger partial charge < -0.3 is 9.05 Å².